The second kappa shape index (κ2) is 9.32. The van der Waals surface area contributed by atoms with Gasteiger partial charge in [0.25, 0.3) is 0 Å². The van der Waals surface area contributed by atoms with Gasteiger partial charge in [-0.25, -0.2) is 0 Å². The molecule has 4 nitrogen and oxygen atoms in total. The lowest BCUT2D eigenvalue weighted by molar-refractivity contribution is -0.104. The second-order valence-corrected chi connectivity index (χ2v) is 9.50. The molecule has 0 bridgehead atoms. The number of Topliss-reactive ketones (excluding diaryl/α,β-unsaturated/α-hetero) is 1. The topological polar surface area (TPSA) is 58.2 Å². The maximum Gasteiger partial charge on any atom is 0.226 e. The van der Waals surface area contributed by atoms with E-state index in [0.29, 0.717) is 23.9 Å². The van der Waals surface area contributed by atoms with E-state index < -0.39 is 5.78 Å². The van der Waals surface area contributed by atoms with E-state index in [2.05, 4.69) is 22.8 Å². The van der Waals surface area contributed by atoms with Crippen molar-refractivity contribution in [3.63, 3.8) is 0 Å². The zero-order valence-corrected chi connectivity index (χ0v) is 18.7. The summed E-state index contributed by atoms with van der Waals surface area (Å²) in [5, 5.41) is 11.4. The van der Waals surface area contributed by atoms with Crippen LogP contribution in [0.1, 0.15) is 74.6 Å². The molecule has 2 fully saturated rings. The predicted octanol–water partition coefficient (Wildman–Crippen LogP) is 6.86. The fourth-order valence-electron chi connectivity index (χ4n) is 5.66. The van der Waals surface area contributed by atoms with Crippen LogP contribution < -0.4 is 10.6 Å². The van der Waals surface area contributed by atoms with Crippen molar-refractivity contribution in [2.45, 2.75) is 76.3 Å². The third kappa shape index (κ3) is 4.11. The van der Waals surface area contributed by atoms with Gasteiger partial charge in [-0.05, 0) is 54.0 Å². The zero-order chi connectivity index (χ0) is 21.9. The Kier molecular flexibility index (Phi) is 6.11. The number of hydrogen-bond acceptors (Lipinski definition) is 4. The van der Waals surface area contributed by atoms with Crippen LogP contribution in [0.3, 0.4) is 0 Å². The van der Waals surface area contributed by atoms with Gasteiger partial charge in [0.15, 0.2) is 6.29 Å². The molecule has 3 aromatic rings. The Balaban J connectivity index is 1.68. The number of rotatable bonds is 6. The quantitative estimate of drug-likeness (QED) is 0.195. The first-order chi connectivity index (χ1) is 15.7. The molecular formula is C28H32N2O2. The van der Waals surface area contributed by atoms with Crippen molar-refractivity contribution in [1.82, 2.24) is 0 Å². The van der Waals surface area contributed by atoms with Crippen molar-refractivity contribution >= 4 is 45.0 Å². The average molecular weight is 429 g/mol. The molecule has 3 aromatic carbocycles. The summed E-state index contributed by atoms with van der Waals surface area (Å²) in [6.07, 6.45) is 12.9. The molecule has 2 aliphatic carbocycles. The van der Waals surface area contributed by atoms with Gasteiger partial charge in [0.1, 0.15) is 0 Å². The minimum Gasteiger partial charge on any atom is -0.381 e. The Labute approximate surface area is 189 Å². The lowest BCUT2D eigenvalue weighted by Gasteiger charge is -2.29. The Morgan fingerprint density at radius 1 is 0.750 bits per heavy atom. The second-order valence-electron chi connectivity index (χ2n) is 9.50. The number of carbonyl (C=O) groups is 2. The van der Waals surface area contributed by atoms with Gasteiger partial charge >= 0.3 is 0 Å². The summed E-state index contributed by atoms with van der Waals surface area (Å²) >= 11 is 0. The summed E-state index contributed by atoms with van der Waals surface area (Å²) in [7, 11) is 0. The number of benzene rings is 3. The molecule has 0 spiro atoms. The average Bonchev–Trinajstić information content (AvgIpc) is 2.85. The predicted molar refractivity (Wildman–Crippen MR) is 133 cm³/mol. The molecular weight excluding hydrogens is 396 g/mol. The van der Waals surface area contributed by atoms with E-state index in [1.165, 1.54) is 64.2 Å². The Bertz CT molecular complexity index is 1140. The van der Waals surface area contributed by atoms with Crippen LogP contribution in [-0.4, -0.2) is 24.2 Å². The van der Waals surface area contributed by atoms with Gasteiger partial charge in [-0.15, -0.1) is 0 Å². The first-order valence-corrected chi connectivity index (χ1v) is 12.3. The smallest absolute Gasteiger partial charge is 0.226 e. The molecule has 166 valence electrons. The van der Waals surface area contributed by atoms with Crippen LogP contribution in [0.25, 0.3) is 21.5 Å². The van der Waals surface area contributed by atoms with Crippen molar-refractivity contribution in [2.24, 2.45) is 0 Å². The zero-order valence-electron chi connectivity index (χ0n) is 18.7. The van der Waals surface area contributed by atoms with E-state index in [0.717, 1.165) is 32.9 Å². The van der Waals surface area contributed by atoms with Crippen molar-refractivity contribution in [3.05, 3.63) is 48.0 Å². The van der Waals surface area contributed by atoms with Gasteiger partial charge in [-0.2, -0.15) is 0 Å². The third-order valence-corrected chi connectivity index (χ3v) is 7.32. The fraction of sp³-hybridized carbons (Fsp3) is 0.429. The van der Waals surface area contributed by atoms with Crippen LogP contribution in [0.2, 0.25) is 0 Å². The van der Waals surface area contributed by atoms with Gasteiger partial charge < -0.3 is 10.6 Å². The number of fused-ring (bicyclic) bond motifs is 2. The van der Waals surface area contributed by atoms with Gasteiger partial charge in [0, 0.05) is 23.0 Å². The highest BCUT2D eigenvalue weighted by Gasteiger charge is 2.22. The largest absolute Gasteiger partial charge is 0.381 e. The third-order valence-electron chi connectivity index (χ3n) is 7.32. The molecule has 0 heterocycles. The summed E-state index contributed by atoms with van der Waals surface area (Å²) in [6, 6.07) is 15.1. The highest BCUT2D eigenvalue weighted by Crippen LogP contribution is 2.39. The van der Waals surface area contributed by atoms with Gasteiger partial charge in [-0.3, -0.25) is 9.59 Å². The Morgan fingerprint density at radius 3 is 2.09 bits per heavy atom. The number of hydrogen-bond donors (Lipinski definition) is 2. The first-order valence-electron chi connectivity index (χ1n) is 12.3. The van der Waals surface area contributed by atoms with Crippen LogP contribution in [0.5, 0.6) is 0 Å². The molecule has 32 heavy (non-hydrogen) atoms. The standard InChI is InChI=1S/C28H32N2O2/c31-18-26(32)27-22-14-8-7-9-19(22)17-24-23(27)15-16-25(29-20-10-3-1-4-11-20)28(24)30-21-12-5-2-6-13-21/h7-9,14-18,20-21,29-30H,1-6,10-13H2. The SMILES string of the molecule is O=CC(=O)c1c2ccccc2cc2c(NC3CCCCC3)c(NC3CCCCC3)ccc12. The van der Waals surface area contributed by atoms with E-state index in [1.54, 1.807) is 0 Å². The van der Waals surface area contributed by atoms with Crippen LogP contribution in [-0.2, 0) is 4.79 Å². The van der Waals surface area contributed by atoms with E-state index in [-0.39, 0.29) is 0 Å². The fourth-order valence-corrected chi connectivity index (χ4v) is 5.66. The van der Waals surface area contributed by atoms with Crippen molar-refractivity contribution in [2.75, 3.05) is 10.6 Å². The molecule has 0 unspecified atom stereocenters. The highest BCUT2D eigenvalue weighted by atomic mass is 16.2. The van der Waals surface area contributed by atoms with Crippen LogP contribution in [0.15, 0.2) is 42.5 Å². The minimum atomic E-state index is -0.455. The van der Waals surface area contributed by atoms with E-state index >= 15 is 0 Å². The summed E-state index contributed by atoms with van der Waals surface area (Å²) in [4.78, 5) is 24.3. The molecule has 2 aliphatic rings. The van der Waals surface area contributed by atoms with Gasteiger partial charge in [0.05, 0.1) is 11.4 Å². The maximum atomic E-state index is 12.7. The lowest BCUT2D eigenvalue weighted by Crippen LogP contribution is -2.26. The van der Waals surface area contributed by atoms with E-state index in [1.807, 2.05) is 30.3 Å². The molecule has 0 atom stereocenters. The number of nitrogens with one attached hydrogen (secondary N) is 2. The lowest BCUT2D eigenvalue weighted by atomic mass is 9.91. The van der Waals surface area contributed by atoms with Crippen LogP contribution in [0, 0.1) is 0 Å². The molecule has 4 heteroatoms. The molecule has 2 saturated carbocycles. The number of anilines is 2. The number of ketones is 1. The van der Waals surface area contributed by atoms with Crippen molar-refractivity contribution in [3.8, 4) is 0 Å². The van der Waals surface area contributed by atoms with E-state index in [4.69, 9.17) is 0 Å². The molecule has 0 amide bonds. The molecule has 0 aliphatic heterocycles. The van der Waals surface area contributed by atoms with Crippen molar-refractivity contribution < 1.29 is 9.59 Å². The molecule has 0 saturated heterocycles. The molecule has 2 N–H and O–H groups in total. The van der Waals surface area contributed by atoms with Gasteiger partial charge in [0.2, 0.25) is 5.78 Å². The Hall–Kier alpha value is -2.88. The molecule has 0 radical (unpaired) electrons. The monoisotopic (exact) mass is 428 g/mol. The minimum absolute atomic E-state index is 0.443. The number of carbonyl (C=O) groups excluding carboxylic acids is 2. The molecule has 0 aromatic heterocycles. The first kappa shape index (κ1) is 21.0. The van der Waals surface area contributed by atoms with E-state index in [9.17, 15) is 9.59 Å². The summed E-state index contributed by atoms with van der Waals surface area (Å²) in [6.45, 7) is 0. The molecule has 5 rings (SSSR count). The number of aldehydes is 1. The summed E-state index contributed by atoms with van der Waals surface area (Å²) in [5.74, 6) is -0.455. The maximum absolute atomic E-state index is 12.7. The highest BCUT2D eigenvalue weighted by molar-refractivity contribution is 6.40. The van der Waals surface area contributed by atoms with Crippen LogP contribution >= 0.6 is 0 Å². The summed E-state index contributed by atoms with van der Waals surface area (Å²) in [5.41, 5.74) is 2.73. The van der Waals surface area contributed by atoms with Gasteiger partial charge in [-0.1, -0.05) is 68.9 Å². The van der Waals surface area contributed by atoms with Crippen molar-refractivity contribution in [1.29, 1.82) is 0 Å². The Morgan fingerprint density at radius 2 is 1.41 bits per heavy atom. The summed E-state index contributed by atoms with van der Waals surface area (Å²) < 4.78 is 0. The van der Waals surface area contributed by atoms with Crippen LogP contribution in [0.4, 0.5) is 11.4 Å². The normalized spacial score (nSPS) is 18.0.